The minimum Gasteiger partial charge on any atom is -0.357 e. The Morgan fingerprint density at radius 3 is 1.88 bits per heavy atom. The number of carbonyl (C=O) groups is 2. The predicted molar refractivity (Wildman–Crippen MR) is 157 cm³/mol. The molecule has 0 bridgehead atoms. The molecule has 8 heteroatoms. The van der Waals surface area contributed by atoms with E-state index in [2.05, 4.69) is 5.32 Å². The molecule has 0 aliphatic carbocycles. The van der Waals surface area contributed by atoms with Gasteiger partial charge in [-0.05, 0) is 42.3 Å². The van der Waals surface area contributed by atoms with Gasteiger partial charge in [-0.15, -0.1) is 0 Å². The average Bonchev–Trinajstić information content (AvgIpc) is 2.99. The summed E-state index contributed by atoms with van der Waals surface area (Å²) in [5.41, 5.74) is 3.14. The van der Waals surface area contributed by atoms with Crippen molar-refractivity contribution < 1.29 is 18.0 Å². The topological polar surface area (TPSA) is 86.8 Å². The minimum absolute atomic E-state index is 0.0730. The molecule has 0 aliphatic rings. The number of likely N-dealkylation sites (N-methyl/N-ethyl adjacent to an activating group) is 1. The fourth-order valence-electron chi connectivity index (χ4n) is 4.45. The molecule has 0 saturated heterocycles. The van der Waals surface area contributed by atoms with Crippen LogP contribution < -0.4 is 9.62 Å². The molecule has 2 amide bonds. The maximum Gasteiger partial charge on any atom is 0.264 e. The first-order valence-corrected chi connectivity index (χ1v) is 14.5. The van der Waals surface area contributed by atoms with Gasteiger partial charge in [-0.3, -0.25) is 13.9 Å². The van der Waals surface area contributed by atoms with Crippen LogP contribution in [0.15, 0.2) is 120 Å². The Labute approximate surface area is 236 Å². The number of nitrogens with one attached hydrogen (secondary N) is 1. The van der Waals surface area contributed by atoms with E-state index in [1.54, 1.807) is 48.5 Å². The Balaban J connectivity index is 1.76. The van der Waals surface area contributed by atoms with Crippen LogP contribution in [0.1, 0.15) is 16.7 Å². The smallest absolute Gasteiger partial charge is 0.264 e. The van der Waals surface area contributed by atoms with Gasteiger partial charge in [-0.2, -0.15) is 0 Å². The van der Waals surface area contributed by atoms with E-state index < -0.39 is 28.5 Å². The molecule has 0 aromatic heterocycles. The SMILES string of the molecule is CNC(=O)[C@H](Cc1ccccc1)N(Cc1ccc(C)cc1)C(=O)CN(c1ccccc1)S(=O)(=O)c1ccccc1. The number of aryl methyl sites for hydroxylation is 1. The third kappa shape index (κ3) is 6.95. The van der Waals surface area contributed by atoms with E-state index in [-0.39, 0.29) is 23.8 Å². The molecule has 0 radical (unpaired) electrons. The van der Waals surface area contributed by atoms with Gasteiger partial charge in [-0.25, -0.2) is 8.42 Å². The van der Waals surface area contributed by atoms with Crippen LogP contribution in [0.25, 0.3) is 0 Å². The van der Waals surface area contributed by atoms with Crippen LogP contribution in [0.4, 0.5) is 5.69 Å². The van der Waals surface area contributed by atoms with Crippen molar-refractivity contribution in [3.63, 3.8) is 0 Å². The van der Waals surface area contributed by atoms with E-state index in [0.29, 0.717) is 5.69 Å². The highest BCUT2D eigenvalue weighted by molar-refractivity contribution is 7.92. The number of benzene rings is 4. The van der Waals surface area contributed by atoms with Crippen LogP contribution >= 0.6 is 0 Å². The molecule has 1 atom stereocenters. The predicted octanol–water partition coefficient (Wildman–Crippen LogP) is 4.58. The van der Waals surface area contributed by atoms with Crippen molar-refractivity contribution in [1.29, 1.82) is 0 Å². The number of anilines is 1. The first-order valence-electron chi connectivity index (χ1n) is 13.0. The summed E-state index contributed by atoms with van der Waals surface area (Å²) < 4.78 is 28.7. The number of para-hydroxylation sites is 1. The van der Waals surface area contributed by atoms with E-state index in [0.717, 1.165) is 21.0 Å². The summed E-state index contributed by atoms with van der Waals surface area (Å²) in [5.74, 6) is -0.824. The van der Waals surface area contributed by atoms with Crippen LogP contribution in [0.2, 0.25) is 0 Å². The number of amides is 2. The number of nitrogens with zero attached hydrogens (tertiary/aromatic N) is 2. The van der Waals surface area contributed by atoms with Gasteiger partial charge >= 0.3 is 0 Å². The van der Waals surface area contributed by atoms with E-state index in [9.17, 15) is 18.0 Å². The van der Waals surface area contributed by atoms with Gasteiger partial charge in [-0.1, -0.05) is 96.6 Å². The van der Waals surface area contributed by atoms with Crippen LogP contribution in [0.3, 0.4) is 0 Å². The summed E-state index contributed by atoms with van der Waals surface area (Å²) in [4.78, 5) is 29.0. The zero-order valence-corrected chi connectivity index (χ0v) is 23.4. The lowest BCUT2D eigenvalue weighted by Crippen LogP contribution is -2.53. The third-order valence-electron chi connectivity index (χ3n) is 6.65. The van der Waals surface area contributed by atoms with Crippen molar-refractivity contribution in [2.24, 2.45) is 0 Å². The molecular formula is C32H33N3O4S. The second-order valence-corrected chi connectivity index (χ2v) is 11.3. The van der Waals surface area contributed by atoms with E-state index in [1.165, 1.54) is 24.1 Å². The lowest BCUT2D eigenvalue weighted by molar-refractivity contribution is -0.139. The monoisotopic (exact) mass is 555 g/mol. The Morgan fingerprint density at radius 2 is 1.30 bits per heavy atom. The largest absolute Gasteiger partial charge is 0.357 e. The number of rotatable bonds is 11. The van der Waals surface area contributed by atoms with Crippen molar-refractivity contribution >= 4 is 27.5 Å². The highest BCUT2D eigenvalue weighted by atomic mass is 32.2. The molecule has 0 fully saturated rings. The molecule has 0 spiro atoms. The van der Waals surface area contributed by atoms with Crippen molar-refractivity contribution in [2.75, 3.05) is 17.9 Å². The molecule has 40 heavy (non-hydrogen) atoms. The van der Waals surface area contributed by atoms with Crippen LogP contribution in [0, 0.1) is 6.92 Å². The molecular weight excluding hydrogens is 522 g/mol. The molecule has 1 N–H and O–H groups in total. The maximum absolute atomic E-state index is 14.2. The van der Waals surface area contributed by atoms with Gasteiger partial charge < -0.3 is 10.2 Å². The molecule has 4 aromatic carbocycles. The van der Waals surface area contributed by atoms with Gasteiger partial charge in [0, 0.05) is 20.0 Å². The molecule has 4 rings (SSSR count). The van der Waals surface area contributed by atoms with Crippen molar-refractivity contribution in [3.05, 3.63) is 132 Å². The van der Waals surface area contributed by atoms with Gasteiger partial charge in [0.15, 0.2) is 0 Å². The highest BCUT2D eigenvalue weighted by Crippen LogP contribution is 2.25. The number of hydrogen-bond acceptors (Lipinski definition) is 4. The molecule has 7 nitrogen and oxygen atoms in total. The second-order valence-electron chi connectivity index (χ2n) is 9.49. The molecule has 0 aliphatic heterocycles. The Hall–Kier alpha value is -4.43. The van der Waals surface area contributed by atoms with Gasteiger partial charge in [0.05, 0.1) is 10.6 Å². The van der Waals surface area contributed by atoms with Gasteiger partial charge in [0.1, 0.15) is 12.6 Å². The number of carbonyl (C=O) groups excluding carboxylic acids is 2. The van der Waals surface area contributed by atoms with Crippen molar-refractivity contribution in [3.8, 4) is 0 Å². The molecule has 0 heterocycles. The van der Waals surface area contributed by atoms with Gasteiger partial charge in [0.2, 0.25) is 11.8 Å². The van der Waals surface area contributed by atoms with Crippen molar-refractivity contribution in [2.45, 2.75) is 30.8 Å². The van der Waals surface area contributed by atoms with Crippen molar-refractivity contribution in [1.82, 2.24) is 10.2 Å². The molecule has 206 valence electrons. The average molecular weight is 556 g/mol. The van der Waals surface area contributed by atoms with Crippen LogP contribution in [-0.2, 0) is 32.6 Å². The summed E-state index contributed by atoms with van der Waals surface area (Å²) in [7, 11) is -2.55. The normalized spacial score (nSPS) is 11.8. The summed E-state index contributed by atoms with van der Waals surface area (Å²) in [6.07, 6.45) is 0.273. The summed E-state index contributed by atoms with van der Waals surface area (Å²) in [5, 5.41) is 2.69. The fourth-order valence-corrected chi connectivity index (χ4v) is 5.89. The summed E-state index contributed by atoms with van der Waals surface area (Å²) in [6, 6.07) is 32.9. The van der Waals surface area contributed by atoms with Gasteiger partial charge in [0.25, 0.3) is 10.0 Å². The lowest BCUT2D eigenvalue weighted by atomic mass is 10.0. The lowest BCUT2D eigenvalue weighted by Gasteiger charge is -2.33. The van der Waals surface area contributed by atoms with Crippen LogP contribution in [-0.4, -0.2) is 44.8 Å². The number of sulfonamides is 1. The van der Waals surface area contributed by atoms with E-state index >= 15 is 0 Å². The van der Waals surface area contributed by atoms with Crippen LogP contribution in [0.5, 0.6) is 0 Å². The van der Waals surface area contributed by atoms with E-state index in [4.69, 9.17) is 0 Å². The zero-order chi connectivity index (χ0) is 28.5. The standard InChI is InChI=1S/C32H33N3O4S/c1-25-18-20-27(21-19-25)23-34(30(32(37)33-2)22-26-12-6-3-7-13-26)31(36)24-35(28-14-8-4-9-15-28)40(38,39)29-16-10-5-11-17-29/h3-21,30H,22-24H2,1-2H3,(H,33,37)/t30-/m0/s1. The van der Waals surface area contributed by atoms with E-state index in [1.807, 2.05) is 61.5 Å². The zero-order valence-electron chi connectivity index (χ0n) is 22.6. The Kier molecular flexibility index (Phi) is 9.35. The first kappa shape index (κ1) is 28.6. The molecule has 0 unspecified atom stereocenters. The fraction of sp³-hybridized carbons (Fsp3) is 0.188. The minimum atomic E-state index is -4.09. The quantitative estimate of drug-likeness (QED) is 0.294. The third-order valence-corrected chi connectivity index (χ3v) is 8.43. The molecule has 4 aromatic rings. The molecule has 0 saturated carbocycles. The summed E-state index contributed by atoms with van der Waals surface area (Å²) >= 11 is 0. The first-order chi connectivity index (χ1) is 19.3. The maximum atomic E-state index is 14.2. The summed E-state index contributed by atoms with van der Waals surface area (Å²) in [6.45, 7) is 1.63. The number of hydrogen-bond donors (Lipinski definition) is 1. The Morgan fingerprint density at radius 1 is 0.750 bits per heavy atom. The second kappa shape index (κ2) is 13.1. The highest BCUT2D eigenvalue weighted by Gasteiger charge is 2.34. The Bertz CT molecular complexity index is 1510.